The molecular weight excluding hydrogens is 298 g/mol. The summed E-state index contributed by atoms with van der Waals surface area (Å²) in [6, 6.07) is 9.31. The van der Waals surface area contributed by atoms with E-state index in [0.29, 0.717) is 18.4 Å². The molecule has 0 bridgehead atoms. The van der Waals surface area contributed by atoms with E-state index in [9.17, 15) is 4.79 Å². The predicted octanol–water partition coefficient (Wildman–Crippen LogP) is 2.80. The Bertz CT molecular complexity index is 572. The highest BCUT2D eigenvalue weighted by atomic mass is 16.2. The van der Waals surface area contributed by atoms with Crippen LogP contribution >= 0.6 is 0 Å². The Hall–Kier alpha value is -1.55. The predicted molar refractivity (Wildman–Crippen MR) is 99.1 cm³/mol. The van der Waals surface area contributed by atoms with E-state index in [0.717, 1.165) is 38.9 Å². The molecule has 3 unspecified atom stereocenters. The van der Waals surface area contributed by atoms with Gasteiger partial charge in [0.2, 0.25) is 5.91 Å². The summed E-state index contributed by atoms with van der Waals surface area (Å²) in [7, 11) is 0. The number of nitrogens with zero attached hydrogens (tertiary/aromatic N) is 2. The molecule has 1 aromatic rings. The molecule has 132 valence electrons. The summed E-state index contributed by atoms with van der Waals surface area (Å²) in [5, 5.41) is 0. The van der Waals surface area contributed by atoms with E-state index in [1.165, 1.54) is 17.7 Å². The van der Waals surface area contributed by atoms with Crippen LogP contribution in [0.1, 0.15) is 45.1 Å². The maximum Gasteiger partial charge on any atom is 0.224 e. The first-order valence-corrected chi connectivity index (χ1v) is 9.44. The largest absolute Gasteiger partial charge is 0.368 e. The van der Waals surface area contributed by atoms with Crippen LogP contribution in [0.3, 0.4) is 0 Å². The first-order chi connectivity index (χ1) is 11.6. The SMILES string of the molecule is CC(N)C1CCCN(C(=O)CCN2c3ccccc3CCC2C)C1. The molecule has 24 heavy (non-hydrogen) atoms. The number of hydrogen-bond donors (Lipinski definition) is 1. The van der Waals surface area contributed by atoms with Crippen molar-refractivity contribution in [2.24, 2.45) is 11.7 Å². The van der Waals surface area contributed by atoms with Crippen molar-refractivity contribution in [1.82, 2.24) is 4.90 Å². The number of hydrogen-bond acceptors (Lipinski definition) is 3. The summed E-state index contributed by atoms with van der Waals surface area (Å²) in [6.45, 7) is 6.88. The van der Waals surface area contributed by atoms with Gasteiger partial charge >= 0.3 is 0 Å². The van der Waals surface area contributed by atoms with Crippen LogP contribution in [0.5, 0.6) is 0 Å². The summed E-state index contributed by atoms with van der Waals surface area (Å²) in [6.07, 6.45) is 5.15. The highest BCUT2D eigenvalue weighted by molar-refractivity contribution is 5.77. The number of fused-ring (bicyclic) bond motifs is 1. The van der Waals surface area contributed by atoms with Gasteiger partial charge in [0, 0.05) is 43.8 Å². The van der Waals surface area contributed by atoms with Crippen LogP contribution in [0.25, 0.3) is 0 Å². The minimum atomic E-state index is 0.176. The number of rotatable bonds is 4. The molecule has 0 aliphatic carbocycles. The molecule has 0 saturated carbocycles. The molecule has 2 aliphatic heterocycles. The second-order valence-electron chi connectivity index (χ2n) is 7.56. The van der Waals surface area contributed by atoms with Crippen LogP contribution in [0.15, 0.2) is 24.3 Å². The molecule has 0 aromatic heterocycles. The third-order valence-electron chi connectivity index (χ3n) is 5.79. The average molecular weight is 329 g/mol. The molecular formula is C20H31N3O. The maximum absolute atomic E-state index is 12.7. The number of likely N-dealkylation sites (tertiary alicyclic amines) is 1. The molecule has 2 N–H and O–H groups in total. The molecule has 0 spiro atoms. The second-order valence-corrected chi connectivity index (χ2v) is 7.56. The number of anilines is 1. The number of carbonyl (C=O) groups excluding carboxylic acids is 1. The zero-order valence-electron chi connectivity index (χ0n) is 15.1. The van der Waals surface area contributed by atoms with Gasteiger partial charge in [-0.05, 0) is 57.1 Å². The highest BCUT2D eigenvalue weighted by Gasteiger charge is 2.27. The third kappa shape index (κ3) is 3.75. The molecule has 3 rings (SSSR count). The van der Waals surface area contributed by atoms with E-state index in [-0.39, 0.29) is 11.9 Å². The van der Waals surface area contributed by atoms with Gasteiger partial charge in [-0.3, -0.25) is 4.79 Å². The lowest BCUT2D eigenvalue weighted by atomic mass is 9.92. The Morgan fingerprint density at radius 3 is 2.92 bits per heavy atom. The summed E-state index contributed by atoms with van der Waals surface area (Å²) in [5.74, 6) is 0.743. The smallest absolute Gasteiger partial charge is 0.224 e. The number of benzene rings is 1. The van der Waals surface area contributed by atoms with Gasteiger partial charge in [0.15, 0.2) is 0 Å². The zero-order valence-corrected chi connectivity index (χ0v) is 15.1. The lowest BCUT2D eigenvalue weighted by molar-refractivity contribution is -0.132. The van der Waals surface area contributed by atoms with Crippen molar-refractivity contribution < 1.29 is 4.79 Å². The van der Waals surface area contributed by atoms with Gasteiger partial charge in [-0.2, -0.15) is 0 Å². The van der Waals surface area contributed by atoms with Crippen LogP contribution in [0, 0.1) is 5.92 Å². The lowest BCUT2D eigenvalue weighted by Crippen LogP contribution is -2.46. The van der Waals surface area contributed by atoms with Crippen molar-refractivity contribution in [2.75, 3.05) is 24.5 Å². The number of piperidine rings is 1. The minimum absolute atomic E-state index is 0.176. The van der Waals surface area contributed by atoms with Gasteiger partial charge in [0.05, 0.1) is 0 Å². The fraction of sp³-hybridized carbons (Fsp3) is 0.650. The van der Waals surface area contributed by atoms with Gasteiger partial charge in [-0.1, -0.05) is 18.2 Å². The quantitative estimate of drug-likeness (QED) is 0.924. The van der Waals surface area contributed by atoms with Gasteiger partial charge in [0.25, 0.3) is 0 Å². The first kappa shape index (κ1) is 17.3. The van der Waals surface area contributed by atoms with Crippen LogP contribution in [0.4, 0.5) is 5.69 Å². The van der Waals surface area contributed by atoms with Gasteiger partial charge in [-0.15, -0.1) is 0 Å². The zero-order chi connectivity index (χ0) is 17.1. The molecule has 3 atom stereocenters. The van der Waals surface area contributed by atoms with Crippen molar-refractivity contribution in [1.29, 1.82) is 0 Å². The van der Waals surface area contributed by atoms with E-state index in [4.69, 9.17) is 5.73 Å². The number of amides is 1. The van der Waals surface area contributed by atoms with E-state index in [1.54, 1.807) is 0 Å². The number of carbonyl (C=O) groups is 1. The summed E-state index contributed by atoms with van der Waals surface area (Å²) < 4.78 is 0. The molecule has 1 saturated heterocycles. The van der Waals surface area contributed by atoms with Gasteiger partial charge < -0.3 is 15.5 Å². The van der Waals surface area contributed by atoms with E-state index >= 15 is 0 Å². The van der Waals surface area contributed by atoms with E-state index in [1.807, 2.05) is 4.90 Å². The van der Waals surface area contributed by atoms with Crippen molar-refractivity contribution in [3.63, 3.8) is 0 Å². The summed E-state index contributed by atoms with van der Waals surface area (Å²) in [4.78, 5) is 17.1. The standard InChI is InChI=1S/C20H31N3O/c1-15-9-10-17-6-3-4-8-19(17)23(15)13-11-20(24)22-12-5-7-18(14-22)16(2)21/h3-4,6,8,15-16,18H,5,7,9-14,21H2,1-2H3. The lowest BCUT2D eigenvalue weighted by Gasteiger charge is -2.38. The Balaban J connectivity index is 1.60. The molecule has 2 heterocycles. The van der Waals surface area contributed by atoms with E-state index in [2.05, 4.69) is 43.0 Å². The van der Waals surface area contributed by atoms with Crippen molar-refractivity contribution in [2.45, 2.75) is 58.0 Å². The topological polar surface area (TPSA) is 49.6 Å². The monoisotopic (exact) mass is 329 g/mol. The Morgan fingerprint density at radius 2 is 2.12 bits per heavy atom. The first-order valence-electron chi connectivity index (χ1n) is 9.44. The minimum Gasteiger partial charge on any atom is -0.368 e. The van der Waals surface area contributed by atoms with Crippen molar-refractivity contribution in [3.8, 4) is 0 Å². The van der Waals surface area contributed by atoms with Crippen LogP contribution in [0.2, 0.25) is 0 Å². The number of para-hydroxylation sites is 1. The molecule has 1 aromatic carbocycles. The molecule has 2 aliphatic rings. The molecule has 1 fully saturated rings. The van der Waals surface area contributed by atoms with Crippen LogP contribution in [-0.2, 0) is 11.2 Å². The maximum atomic E-state index is 12.7. The Kier molecular flexibility index (Phi) is 5.44. The molecule has 0 radical (unpaired) electrons. The molecule has 1 amide bonds. The van der Waals surface area contributed by atoms with Crippen molar-refractivity contribution >= 4 is 11.6 Å². The van der Waals surface area contributed by atoms with Crippen molar-refractivity contribution in [3.05, 3.63) is 29.8 Å². The Morgan fingerprint density at radius 1 is 1.33 bits per heavy atom. The van der Waals surface area contributed by atoms with Gasteiger partial charge in [0.1, 0.15) is 0 Å². The average Bonchev–Trinajstić information content (AvgIpc) is 2.60. The Labute approximate surface area is 146 Å². The third-order valence-corrected chi connectivity index (χ3v) is 5.79. The fourth-order valence-electron chi connectivity index (χ4n) is 4.14. The summed E-state index contributed by atoms with van der Waals surface area (Å²) >= 11 is 0. The second kappa shape index (κ2) is 7.56. The van der Waals surface area contributed by atoms with Crippen LogP contribution < -0.4 is 10.6 Å². The molecule has 4 heteroatoms. The fourth-order valence-corrected chi connectivity index (χ4v) is 4.14. The van der Waals surface area contributed by atoms with E-state index < -0.39 is 0 Å². The van der Waals surface area contributed by atoms with Crippen LogP contribution in [-0.4, -0.2) is 42.5 Å². The normalized spacial score (nSPS) is 25.3. The number of nitrogens with two attached hydrogens (primary N) is 1. The van der Waals surface area contributed by atoms with Gasteiger partial charge in [-0.25, -0.2) is 0 Å². The summed E-state index contributed by atoms with van der Waals surface area (Å²) in [5.41, 5.74) is 8.78. The number of aryl methyl sites for hydroxylation is 1. The highest BCUT2D eigenvalue weighted by Crippen LogP contribution is 2.30. The molecule has 4 nitrogen and oxygen atoms in total.